The van der Waals surface area contributed by atoms with Crippen LogP contribution in [0.2, 0.25) is 0 Å². The van der Waals surface area contributed by atoms with Crippen molar-refractivity contribution in [3.8, 4) is 0 Å². The van der Waals surface area contributed by atoms with E-state index in [1.54, 1.807) is 30.0 Å². The number of aliphatic hydroxyl groups excluding tert-OH is 1. The van der Waals surface area contributed by atoms with Gasteiger partial charge in [-0.05, 0) is 30.1 Å². The van der Waals surface area contributed by atoms with Gasteiger partial charge in [0.15, 0.2) is 0 Å². The molecule has 0 bridgehead atoms. The molecular weight excluding hydrogens is 299 g/mol. The molecular formula is C15H20F3NOS. The lowest BCUT2D eigenvalue weighted by atomic mass is 10.1. The molecule has 1 aromatic rings. The Morgan fingerprint density at radius 1 is 1.24 bits per heavy atom. The standard InChI is InChI=1S/C15H20F3NOS/c16-15(17,18)14(12-4-2-1-3-5-12)19-13(8-20)10-21-9-11-6-7-11/h1-5,11,13-14,19-20H,6-10H2/t13-,14-/m1/s1. The van der Waals surface area contributed by atoms with Gasteiger partial charge in [-0.2, -0.15) is 24.9 Å². The summed E-state index contributed by atoms with van der Waals surface area (Å²) in [6.45, 7) is -0.295. The lowest BCUT2D eigenvalue weighted by Gasteiger charge is -2.26. The highest BCUT2D eigenvalue weighted by Gasteiger charge is 2.41. The Morgan fingerprint density at radius 3 is 2.43 bits per heavy atom. The van der Waals surface area contributed by atoms with Crippen molar-refractivity contribution in [2.45, 2.75) is 31.1 Å². The molecule has 2 nitrogen and oxygen atoms in total. The van der Waals surface area contributed by atoms with Gasteiger partial charge in [-0.15, -0.1) is 0 Å². The van der Waals surface area contributed by atoms with Crippen molar-refractivity contribution in [1.29, 1.82) is 0 Å². The van der Waals surface area contributed by atoms with Gasteiger partial charge in [0.05, 0.1) is 6.61 Å². The normalized spacial score (nSPS) is 18.5. The number of benzene rings is 1. The predicted molar refractivity (Wildman–Crippen MR) is 79.3 cm³/mol. The quantitative estimate of drug-likeness (QED) is 0.770. The van der Waals surface area contributed by atoms with Crippen LogP contribution < -0.4 is 5.32 Å². The SMILES string of the molecule is OC[C@H](CSCC1CC1)N[C@H](c1ccccc1)C(F)(F)F. The predicted octanol–water partition coefficient (Wildman–Crippen LogP) is 3.38. The van der Waals surface area contributed by atoms with Crippen LogP contribution in [0.1, 0.15) is 24.4 Å². The van der Waals surface area contributed by atoms with Crippen molar-refractivity contribution >= 4 is 11.8 Å². The molecule has 6 heteroatoms. The number of nitrogens with one attached hydrogen (secondary N) is 1. The molecule has 21 heavy (non-hydrogen) atoms. The first-order valence-corrected chi connectivity index (χ1v) is 8.22. The van der Waals surface area contributed by atoms with Crippen LogP contribution in [-0.4, -0.2) is 35.4 Å². The van der Waals surface area contributed by atoms with Crippen LogP contribution in [0.4, 0.5) is 13.2 Å². The van der Waals surface area contributed by atoms with Gasteiger partial charge in [0.25, 0.3) is 0 Å². The average molecular weight is 319 g/mol. The fraction of sp³-hybridized carbons (Fsp3) is 0.600. The molecule has 0 amide bonds. The maximum absolute atomic E-state index is 13.2. The molecule has 1 aliphatic carbocycles. The van der Waals surface area contributed by atoms with Crippen LogP contribution in [0.25, 0.3) is 0 Å². The highest BCUT2D eigenvalue weighted by molar-refractivity contribution is 7.99. The van der Waals surface area contributed by atoms with E-state index >= 15 is 0 Å². The second kappa shape index (κ2) is 7.51. The molecule has 1 fully saturated rings. The summed E-state index contributed by atoms with van der Waals surface area (Å²) in [5.74, 6) is 2.19. The fourth-order valence-corrected chi connectivity index (χ4v) is 3.36. The van der Waals surface area contributed by atoms with E-state index in [4.69, 9.17) is 0 Å². The van der Waals surface area contributed by atoms with Crippen LogP contribution >= 0.6 is 11.8 Å². The third-order valence-electron chi connectivity index (χ3n) is 3.45. The molecule has 2 atom stereocenters. The van der Waals surface area contributed by atoms with Crippen LogP contribution in [0.15, 0.2) is 30.3 Å². The summed E-state index contributed by atoms with van der Waals surface area (Å²) in [6.07, 6.45) is -1.94. The zero-order valence-corrected chi connectivity index (χ0v) is 12.5. The van der Waals surface area contributed by atoms with E-state index in [2.05, 4.69) is 5.32 Å². The maximum atomic E-state index is 13.2. The van der Waals surface area contributed by atoms with E-state index < -0.39 is 18.3 Å². The summed E-state index contributed by atoms with van der Waals surface area (Å²) < 4.78 is 39.6. The summed E-state index contributed by atoms with van der Waals surface area (Å²) in [4.78, 5) is 0. The number of rotatable bonds is 8. The highest BCUT2D eigenvalue weighted by Crippen LogP contribution is 2.34. The summed E-state index contributed by atoms with van der Waals surface area (Å²) in [6, 6.07) is 5.48. The molecule has 0 aliphatic heterocycles. The van der Waals surface area contributed by atoms with E-state index in [1.165, 1.54) is 25.0 Å². The number of alkyl halides is 3. The Balaban J connectivity index is 1.95. The summed E-state index contributed by atoms with van der Waals surface area (Å²) >= 11 is 1.61. The Morgan fingerprint density at radius 2 is 1.90 bits per heavy atom. The van der Waals surface area contributed by atoms with Gasteiger partial charge >= 0.3 is 6.18 Å². The first-order valence-electron chi connectivity index (χ1n) is 7.07. The molecule has 118 valence electrons. The lowest BCUT2D eigenvalue weighted by Crippen LogP contribution is -2.43. The van der Waals surface area contributed by atoms with Gasteiger partial charge in [0.2, 0.25) is 0 Å². The molecule has 2 rings (SSSR count). The Labute approximate surface area is 127 Å². The van der Waals surface area contributed by atoms with Crippen molar-refractivity contribution in [2.75, 3.05) is 18.1 Å². The number of thioether (sulfide) groups is 1. The van der Waals surface area contributed by atoms with E-state index in [0.717, 1.165) is 11.7 Å². The van der Waals surface area contributed by atoms with Gasteiger partial charge in [0, 0.05) is 11.8 Å². The molecule has 2 N–H and O–H groups in total. The van der Waals surface area contributed by atoms with Gasteiger partial charge in [0.1, 0.15) is 6.04 Å². The third-order valence-corrected chi connectivity index (χ3v) is 4.80. The monoisotopic (exact) mass is 319 g/mol. The van der Waals surface area contributed by atoms with Gasteiger partial charge in [-0.1, -0.05) is 30.3 Å². The van der Waals surface area contributed by atoms with Gasteiger partial charge < -0.3 is 5.11 Å². The van der Waals surface area contributed by atoms with E-state index in [0.29, 0.717) is 5.75 Å². The van der Waals surface area contributed by atoms with Crippen molar-refractivity contribution in [2.24, 2.45) is 5.92 Å². The number of hydrogen-bond donors (Lipinski definition) is 2. The Bertz CT molecular complexity index is 423. The molecule has 0 spiro atoms. The molecule has 0 aromatic heterocycles. The van der Waals surface area contributed by atoms with Crippen LogP contribution in [0.5, 0.6) is 0 Å². The Kier molecular flexibility index (Phi) is 5.96. The first-order chi connectivity index (χ1) is 10.0. The summed E-state index contributed by atoms with van der Waals surface area (Å²) in [5, 5.41) is 11.9. The van der Waals surface area contributed by atoms with Crippen molar-refractivity contribution in [3.63, 3.8) is 0 Å². The Hall–Kier alpha value is -0.720. The molecule has 1 aromatic carbocycles. The topological polar surface area (TPSA) is 32.3 Å². The number of aliphatic hydroxyl groups is 1. The van der Waals surface area contributed by atoms with E-state index in [9.17, 15) is 18.3 Å². The molecule has 1 saturated carbocycles. The van der Waals surface area contributed by atoms with Crippen molar-refractivity contribution < 1.29 is 18.3 Å². The number of hydrogen-bond acceptors (Lipinski definition) is 3. The number of halogens is 3. The van der Waals surface area contributed by atoms with Crippen LogP contribution in [-0.2, 0) is 0 Å². The maximum Gasteiger partial charge on any atom is 0.407 e. The van der Waals surface area contributed by atoms with Crippen molar-refractivity contribution in [1.82, 2.24) is 5.32 Å². The van der Waals surface area contributed by atoms with Gasteiger partial charge in [-0.25, -0.2) is 0 Å². The highest BCUT2D eigenvalue weighted by atomic mass is 32.2. The third kappa shape index (κ3) is 5.52. The van der Waals surface area contributed by atoms with E-state index in [1.807, 2.05) is 0 Å². The molecule has 1 aliphatic rings. The molecule has 0 heterocycles. The van der Waals surface area contributed by atoms with Gasteiger partial charge in [-0.3, -0.25) is 5.32 Å². The average Bonchev–Trinajstić information content (AvgIpc) is 3.26. The second-order valence-corrected chi connectivity index (χ2v) is 6.49. The van der Waals surface area contributed by atoms with Crippen LogP contribution in [0, 0.1) is 5.92 Å². The molecule has 0 unspecified atom stereocenters. The second-order valence-electron chi connectivity index (χ2n) is 5.41. The summed E-state index contributed by atoms with van der Waals surface area (Å²) in [5.41, 5.74) is 0.177. The fourth-order valence-electron chi connectivity index (χ4n) is 2.08. The van der Waals surface area contributed by atoms with E-state index in [-0.39, 0.29) is 12.2 Å². The zero-order valence-electron chi connectivity index (χ0n) is 11.6. The van der Waals surface area contributed by atoms with Crippen LogP contribution in [0.3, 0.4) is 0 Å². The minimum absolute atomic E-state index is 0.177. The summed E-state index contributed by atoms with van der Waals surface area (Å²) in [7, 11) is 0. The van der Waals surface area contributed by atoms with Crippen molar-refractivity contribution in [3.05, 3.63) is 35.9 Å². The zero-order chi connectivity index (χ0) is 15.3. The molecule has 0 radical (unpaired) electrons. The minimum atomic E-state index is -4.38. The minimum Gasteiger partial charge on any atom is -0.395 e. The first kappa shape index (κ1) is 16.6. The molecule has 0 saturated heterocycles. The smallest absolute Gasteiger partial charge is 0.395 e. The largest absolute Gasteiger partial charge is 0.407 e. The lowest BCUT2D eigenvalue weighted by molar-refractivity contribution is -0.159.